The fourth-order valence-corrected chi connectivity index (χ4v) is 3.52. The van der Waals surface area contributed by atoms with Crippen LogP contribution in [-0.2, 0) is 29.0 Å². The third kappa shape index (κ3) is 3.46. The zero-order valence-corrected chi connectivity index (χ0v) is 14.9. The summed E-state index contributed by atoms with van der Waals surface area (Å²) < 4.78 is 1.96. The van der Waals surface area contributed by atoms with Crippen LogP contribution in [0, 0.1) is 0 Å². The first-order chi connectivity index (χ1) is 12.9. The predicted octanol–water partition coefficient (Wildman–Crippen LogP) is 2.55. The number of hydrogen-bond acceptors (Lipinski definition) is 3. The highest BCUT2D eigenvalue weighted by Crippen LogP contribution is 2.31. The molecule has 138 valence electrons. The number of benzene rings is 2. The van der Waals surface area contributed by atoms with Crippen LogP contribution in [0.4, 0.5) is 0 Å². The van der Waals surface area contributed by atoms with E-state index >= 15 is 0 Å². The molecule has 0 fully saturated rings. The van der Waals surface area contributed by atoms with Gasteiger partial charge in [0, 0.05) is 23.1 Å². The normalized spacial score (nSPS) is 10.9. The van der Waals surface area contributed by atoms with Gasteiger partial charge in [-0.3, -0.25) is 14.4 Å². The van der Waals surface area contributed by atoms with Gasteiger partial charge in [-0.25, -0.2) is 0 Å². The number of rotatable bonds is 7. The topological polar surface area (TPSA) is 102 Å². The second-order valence-electron chi connectivity index (χ2n) is 6.32. The zero-order valence-electron chi connectivity index (χ0n) is 14.9. The van der Waals surface area contributed by atoms with Gasteiger partial charge in [0.2, 0.25) is 0 Å². The number of ketones is 1. The van der Waals surface area contributed by atoms with Crippen LogP contribution in [0.25, 0.3) is 10.9 Å². The number of carbonyl (C=O) groups excluding carboxylic acids is 2. The summed E-state index contributed by atoms with van der Waals surface area (Å²) in [5.74, 6) is -2.84. The fraction of sp³-hybridized carbons (Fsp3) is 0.190. The van der Waals surface area contributed by atoms with Gasteiger partial charge >= 0.3 is 5.97 Å². The van der Waals surface area contributed by atoms with E-state index in [0.717, 1.165) is 11.1 Å². The Labute approximate surface area is 156 Å². The molecule has 0 aliphatic rings. The number of carboxylic acids is 1. The second kappa shape index (κ2) is 7.45. The highest BCUT2D eigenvalue weighted by molar-refractivity contribution is 6.45. The Morgan fingerprint density at radius 3 is 2.33 bits per heavy atom. The van der Waals surface area contributed by atoms with Crippen molar-refractivity contribution >= 4 is 28.6 Å². The van der Waals surface area contributed by atoms with E-state index < -0.39 is 17.7 Å². The summed E-state index contributed by atoms with van der Waals surface area (Å²) >= 11 is 0. The lowest BCUT2D eigenvalue weighted by molar-refractivity contribution is -0.136. The van der Waals surface area contributed by atoms with Crippen LogP contribution in [-0.4, -0.2) is 27.3 Å². The first-order valence-corrected chi connectivity index (χ1v) is 8.66. The number of amides is 1. The molecule has 6 nitrogen and oxygen atoms in total. The Hall–Kier alpha value is -3.41. The van der Waals surface area contributed by atoms with Gasteiger partial charge in [-0.2, -0.15) is 0 Å². The van der Waals surface area contributed by atoms with Gasteiger partial charge in [0.05, 0.1) is 12.0 Å². The molecule has 2 aromatic carbocycles. The number of primary amides is 1. The minimum atomic E-state index is -1.05. The van der Waals surface area contributed by atoms with Gasteiger partial charge in [0.1, 0.15) is 0 Å². The summed E-state index contributed by atoms with van der Waals surface area (Å²) in [5, 5.41) is 9.75. The largest absolute Gasteiger partial charge is 0.481 e. The van der Waals surface area contributed by atoms with Crippen molar-refractivity contribution in [3.63, 3.8) is 0 Å². The van der Waals surface area contributed by atoms with Crippen molar-refractivity contribution in [2.45, 2.75) is 26.3 Å². The van der Waals surface area contributed by atoms with Crippen LogP contribution >= 0.6 is 0 Å². The van der Waals surface area contributed by atoms with E-state index in [4.69, 9.17) is 5.73 Å². The molecular formula is C21H20N2O4. The maximum absolute atomic E-state index is 12.6. The molecular weight excluding hydrogens is 344 g/mol. The SMILES string of the molecule is CCc1c(C(=O)C(N)=O)c2c(CC(=O)O)cccc2n1Cc1ccccc1. The minimum absolute atomic E-state index is 0.216. The molecule has 0 saturated heterocycles. The third-order valence-corrected chi connectivity index (χ3v) is 4.59. The van der Waals surface area contributed by atoms with Crippen molar-refractivity contribution in [1.29, 1.82) is 0 Å². The highest BCUT2D eigenvalue weighted by Gasteiger charge is 2.26. The molecule has 3 aromatic rings. The highest BCUT2D eigenvalue weighted by atomic mass is 16.4. The van der Waals surface area contributed by atoms with E-state index in [0.29, 0.717) is 29.6 Å². The molecule has 0 radical (unpaired) electrons. The first-order valence-electron chi connectivity index (χ1n) is 8.66. The molecule has 0 aliphatic heterocycles. The fourth-order valence-electron chi connectivity index (χ4n) is 3.52. The number of carboxylic acid groups (broad SMARTS) is 1. The van der Waals surface area contributed by atoms with Crippen molar-refractivity contribution in [3.8, 4) is 0 Å². The summed E-state index contributed by atoms with van der Waals surface area (Å²) in [7, 11) is 0. The molecule has 1 heterocycles. The Kier molecular flexibility index (Phi) is 5.07. The van der Waals surface area contributed by atoms with Crippen LogP contribution in [0.3, 0.4) is 0 Å². The van der Waals surface area contributed by atoms with Gasteiger partial charge in [-0.05, 0) is 23.6 Å². The maximum Gasteiger partial charge on any atom is 0.307 e. The molecule has 6 heteroatoms. The molecule has 1 aromatic heterocycles. The Morgan fingerprint density at radius 2 is 1.74 bits per heavy atom. The lowest BCUT2D eigenvalue weighted by Gasteiger charge is -2.10. The van der Waals surface area contributed by atoms with E-state index in [2.05, 4.69) is 0 Å². The quantitative estimate of drug-likeness (QED) is 0.497. The van der Waals surface area contributed by atoms with Gasteiger partial charge in [-0.1, -0.05) is 49.4 Å². The van der Waals surface area contributed by atoms with Gasteiger partial charge < -0.3 is 15.4 Å². The average molecular weight is 364 g/mol. The van der Waals surface area contributed by atoms with Crippen molar-refractivity contribution in [2.24, 2.45) is 5.73 Å². The Bertz CT molecular complexity index is 1040. The summed E-state index contributed by atoms with van der Waals surface area (Å²) in [6, 6.07) is 15.0. The van der Waals surface area contributed by atoms with Crippen molar-refractivity contribution in [2.75, 3.05) is 0 Å². The van der Waals surface area contributed by atoms with Crippen molar-refractivity contribution in [3.05, 3.63) is 70.9 Å². The standard InChI is InChI=1S/C21H20N2O4/c1-2-15-19(20(26)21(22)27)18-14(11-17(24)25)9-6-10-16(18)23(15)12-13-7-4-3-5-8-13/h3-10H,2,11-12H2,1H3,(H2,22,27)(H,24,25). The summed E-state index contributed by atoms with van der Waals surface area (Å²) in [6.07, 6.45) is 0.261. The van der Waals surface area contributed by atoms with Crippen LogP contribution in [0.5, 0.6) is 0 Å². The number of nitrogens with two attached hydrogens (primary N) is 1. The van der Waals surface area contributed by atoms with Crippen molar-refractivity contribution in [1.82, 2.24) is 4.57 Å². The number of Topliss-reactive ketones (excluding diaryl/α,β-unsaturated/α-hetero) is 1. The molecule has 0 spiro atoms. The first kappa shape index (κ1) is 18.4. The van der Waals surface area contributed by atoms with Crippen LogP contribution in [0.2, 0.25) is 0 Å². The van der Waals surface area contributed by atoms with Crippen LogP contribution in [0.1, 0.15) is 34.1 Å². The molecule has 3 N–H and O–H groups in total. The second-order valence-corrected chi connectivity index (χ2v) is 6.32. The zero-order chi connectivity index (χ0) is 19.6. The van der Waals surface area contributed by atoms with Gasteiger partial charge in [-0.15, -0.1) is 0 Å². The van der Waals surface area contributed by atoms with Crippen molar-refractivity contribution < 1.29 is 19.5 Å². The Balaban J connectivity index is 2.33. The molecule has 0 saturated carbocycles. The monoisotopic (exact) mass is 364 g/mol. The molecule has 0 bridgehead atoms. The van der Waals surface area contributed by atoms with E-state index in [1.165, 1.54) is 0 Å². The van der Waals surface area contributed by atoms with E-state index in [1.54, 1.807) is 12.1 Å². The predicted molar refractivity (Wildman–Crippen MR) is 102 cm³/mol. The number of aliphatic carboxylic acids is 1. The molecule has 3 rings (SSSR count). The number of fused-ring (bicyclic) bond motifs is 1. The van der Waals surface area contributed by atoms with E-state index in [-0.39, 0.29) is 12.0 Å². The number of aromatic nitrogens is 1. The number of nitrogens with zero attached hydrogens (tertiary/aromatic N) is 1. The van der Waals surface area contributed by atoms with Gasteiger partial charge in [0.25, 0.3) is 11.7 Å². The summed E-state index contributed by atoms with van der Waals surface area (Å²) in [4.78, 5) is 35.6. The summed E-state index contributed by atoms with van der Waals surface area (Å²) in [6.45, 7) is 2.40. The molecule has 27 heavy (non-hydrogen) atoms. The van der Waals surface area contributed by atoms with Crippen LogP contribution < -0.4 is 5.73 Å². The van der Waals surface area contributed by atoms with Gasteiger partial charge in [0.15, 0.2) is 0 Å². The molecule has 0 unspecified atom stereocenters. The lowest BCUT2D eigenvalue weighted by atomic mass is 9.99. The lowest BCUT2D eigenvalue weighted by Crippen LogP contribution is -2.24. The average Bonchev–Trinajstić information content (AvgIpc) is 2.96. The maximum atomic E-state index is 12.6. The number of hydrogen-bond donors (Lipinski definition) is 2. The number of carbonyl (C=O) groups is 3. The van der Waals surface area contributed by atoms with Crippen LogP contribution in [0.15, 0.2) is 48.5 Å². The third-order valence-electron chi connectivity index (χ3n) is 4.59. The molecule has 0 aliphatic carbocycles. The van der Waals surface area contributed by atoms with E-state index in [1.807, 2.05) is 47.9 Å². The Morgan fingerprint density at radius 1 is 1.04 bits per heavy atom. The summed E-state index contributed by atoms with van der Waals surface area (Å²) in [5.41, 5.74) is 8.42. The smallest absolute Gasteiger partial charge is 0.307 e. The minimum Gasteiger partial charge on any atom is -0.481 e. The molecule has 0 atom stereocenters. The molecule has 1 amide bonds. The van der Waals surface area contributed by atoms with E-state index in [9.17, 15) is 19.5 Å².